The van der Waals surface area contributed by atoms with Gasteiger partial charge in [0.05, 0.1) is 23.2 Å². The maximum atomic E-state index is 12.4. The number of halogens is 1. The molecule has 1 aromatic carbocycles. The lowest BCUT2D eigenvalue weighted by atomic mass is 9.99. The number of carbonyl (C=O) groups excluding carboxylic acids is 1. The molecule has 1 heterocycles. The molecule has 0 fully saturated rings. The second kappa shape index (κ2) is 7.38. The van der Waals surface area contributed by atoms with Gasteiger partial charge in [0.2, 0.25) is 0 Å². The van der Waals surface area contributed by atoms with Crippen molar-refractivity contribution in [3.8, 4) is 5.69 Å². The van der Waals surface area contributed by atoms with Gasteiger partial charge in [0.1, 0.15) is 12.7 Å². The van der Waals surface area contributed by atoms with Gasteiger partial charge < -0.3 is 10.4 Å². The zero-order valence-electron chi connectivity index (χ0n) is 12.5. The molecule has 0 unspecified atom stereocenters. The summed E-state index contributed by atoms with van der Waals surface area (Å²) in [6.07, 6.45) is 3.95. The van der Waals surface area contributed by atoms with Crippen LogP contribution in [0.5, 0.6) is 0 Å². The first-order valence-electron chi connectivity index (χ1n) is 7.13. The van der Waals surface area contributed by atoms with Crippen molar-refractivity contribution in [2.75, 3.05) is 6.61 Å². The third kappa shape index (κ3) is 3.64. The molecule has 1 aromatic heterocycles. The van der Waals surface area contributed by atoms with Crippen molar-refractivity contribution >= 4 is 17.5 Å². The second-order valence-electron chi connectivity index (χ2n) is 5.18. The minimum absolute atomic E-state index is 0.108. The maximum absolute atomic E-state index is 12.4. The van der Waals surface area contributed by atoms with Gasteiger partial charge in [-0.15, -0.1) is 10.2 Å². The van der Waals surface area contributed by atoms with E-state index in [-0.39, 0.29) is 24.5 Å². The third-order valence-corrected chi connectivity index (χ3v) is 4.09. The van der Waals surface area contributed by atoms with Gasteiger partial charge in [-0.3, -0.25) is 9.36 Å². The Labute approximate surface area is 134 Å². The van der Waals surface area contributed by atoms with E-state index in [0.717, 1.165) is 12.1 Å². The van der Waals surface area contributed by atoms with E-state index in [4.69, 9.17) is 11.6 Å². The molecule has 2 aromatic rings. The van der Waals surface area contributed by atoms with Crippen LogP contribution in [-0.2, 0) is 0 Å². The molecule has 118 valence electrons. The Morgan fingerprint density at radius 2 is 2.09 bits per heavy atom. The van der Waals surface area contributed by atoms with Crippen LogP contribution in [0.2, 0.25) is 5.02 Å². The van der Waals surface area contributed by atoms with Crippen LogP contribution in [0.3, 0.4) is 0 Å². The van der Waals surface area contributed by atoms with Crippen LogP contribution in [-0.4, -0.2) is 38.4 Å². The summed E-state index contributed by atoms with van der Waals surface area (Å²) in [7, 11) is 0. The summed E-state index contributed by atoms with van der Waals surface area (Å²) in [6, 6.07) is 4.81. The fraction of sp³-hybridized carbons (Fsp3) is 0.400. The lowest BCUT2D eigenvalue weighted by Gasteiger charge is -2.22. The van der Waals surface area contributed by atoms with E-state index in [9.17, 15) is 9.90 Å². The molecule has 22 heavy (non-hydrogen) atoms. The van der Waals surface area contributed by atoms with Crippen LogP contribution >= 0.6 is 11.6 Å². The normalized spacial score (nSPS) is 13.6. The summed E-state index contributed by atoms with van der Waals surface area (Å²) in [5.74, 6) is -0.131. The van der Waals surface area contributed by atoms with Crippen molar-refractivity contribution in [2.24, 2.45) is 5.92 Å². The summed E-state index contributed by atoms with van der Waals surface area (Å²) in [5.41, 5.74) is 1.10. The number of hydrogen-bond acceptors (Lipinski definition) is 4. The molecular weight excluding hydrogens is 304 g/mol. The largest absolute Gasteiger partial charge is 0.394 e. The average Bonchev–Trinajstić information content (AvgIpc) is 3.06. The van der Waals surface area contributed by atoms with Gasteiger partial charge in [-0.2, -0.15) is 0 Å². The summed E-state index contributed by atoms with van der Waals surface area (Å²) < 4.78 is 1.69. The maximum Gasteiger partial charge on any atom is 0.253 e. The molecule has 0 bridgehead atoms. The minimum Gasteiger partial charge on any atom is -0.394 e. The van der Waals surface area contributed by atoms with Crippen LogP contribution in [0.4, 0.5) is 0 Å². The highest BCUT2D eigenvalue weighted by molar-refractivity contribution is 6.33. The number of aromatic nitrogens is 3. The molecule has 2 N–H and O–H groups in total. The van der Waals surface area contributed by atoms with E-state index < -0.39 is 0 Å². The minimum atomic E-state index is -0.306. The molecule has 2 atom stereocenters. The van der Waals surface area contributed by atoms with E-state index in [0.29, 0.717) is 10.6 Å². The molecule has 0 radical (unpaired) electrons. The first kappa shape index (κ1) is 16.5. The van der Waals surface area contributed by atoms with Crippen LogP contribution in [0, 0.1) is 5.92 Å². The highest BCUT2D eigenvalue weighted by atomic mass is 35.5. The molecule has 7 heteroatoms. The van der Waals surface area contributed by atoms with Gasteiger partial charge in [-0.25, -0.2) is 0 Å². The number of nitrogens with one attached hydrogen (secondary N) is 1. The van der Waals surface area contributed by atoms with E-state index in [2.05, 4.69) is 15.5 Å². The van der Waals surface area contributed by atoms with Crippen molar-refractivity contribution < 1.29 is 9.90 Å². The molecule has 0 aliphatic carbocycles. The van der Waals surface area contributed by atoms with E-state index in [1.54, 1.807) is 35.4 Å². The molecule has 0 saturated heterocycles. The molecule has 0 aliphatic rings. The monoisotopic (exact) mass is 322 g/mol. The fourth-order valence-corrected chi connectivity index (χ4v) is 2.28. The highest BCUT2D eigenvalue weighted by Crippen LogP contribution is 2.20. The zero-order valence-corrected chi connectivity index (χ0v) is 13.3. The smallest absolute Gasteiger partial charge is 0.253 e. The number of aliphatic hydroxyl groups is 1. The number of carbonyl (C=O) groups is 1. The van der Waals surface area contributed by atoms with E-state index >= 15 is 0 Å². The molecule has 0 saturated carbocycles. The van der Waals surface area contributed by atoms with E-state index in [1.807, 2.05) is 13.8 Å². The average molecular weight is 323 g/mol. The van der Waals surface area contributed by atoms with Crippen molar-refractivity contribution in [2.45, 2.75) is 26.3 Å². The number of hydrogen-bond donors (Lipinski definition) is 2. The van der Waals surface area contributed by atoms with Gasteiger partial charge >= 0.3 is 0 Å². The Morgan fingerprint density at radius 1 is 1.41 bits per heavy atom. The lowest BCUT2D eigenvalue weighted by molar-refractivity contribution is 0.0891. The van der Waals surface area contributed by atoms with Crippen LogP contribution in [0.25, 0.3) is 5.69 Å². The van der Waals surface area contributed by atoms with Gasteiger partial charge in [-0.1, -0.05) is 31.9 Å². The van der Waals surface area contributed by atoms with Crippen molar-refractivity contribution in [3.63, 3.8) is 0 Å². The molecule has 0 spiro atoms. The Balaban J connectivity index is 2.24. The summed E-state index contributed by atoms with van der Waals surface area (Å²) in [6.45, 7) is 3.89. The molecule has 2 rings (SSSR count). The fourth-order valence-electron chi connectivity index (χ4n) is 2.08. The van der Waals surface area contributed by atoms with Crippen LogP contribution < -0.4 is 5.32 Å². The number of rotatable bonds is 6. The van der Waals surface area contributed by atoms with E-state index in [1.165, 1.54) is 0 Å². The van der Waals surface area contributed by atoms with Crippen LogP contribution in [0.1, 0.15) is 30.6 Å². The highest BCUT2D eigenvalue weighted by Gasteiger charge is 2.20. The van der Waals surface area contributed by atoms with Gasteiger partial charge in [-0.05, 0) is 24.1 Å². The Kier molecular flexibility index (Phi) is 5.51. The van der Waals surface area contributed by atoms with Crippen molar-refractivity contribution in [3.05, 3.63) is 41.4 Å². The summed E-state index contributed by atoms with van der Waals surface area (Å²) in [4.78, 5) is 12.4. The summed E-state index contributed by atoms with van der Waals surface area (Å²) in [5, 5.41) is 20.1. The Bertz CT molecular complexity index is 630. The predicted octanol–water partition coefficient (Wildman–Crippen LogP) is 2.06. The van der Waals surface area contributed by atoms with Crippen molar-refractivity contribution in [1.29, 1.82) is 0 Å². The number of aliphatic hydroxyl groups excluding tert-OH is 1. The Hall–Kier alpha value is -1.92. The van der Waals surface area contributed by atoms with Gasteiger partial charge in [0, 0.05) is 5.69 Å². The number of benzene rings is 1. The van der Waals surface area contributed by atoms with Gasteiger partial charge in [0.25, 0.3) is 5.91 Å². The zero-order chi connectivity index (χ0) is 16.1. The molecule has 1 amide bonds. The third-order valence-electron chi connectivity index (χ3n) is 3.76. The Morgan fingerprint density at radius 3 is 2.68 bits per heavy atom. The summed E-state index contributed by atoms with van der Waals surface area (Å²) >= 11 is 6.13. The number of nitrogens with zero attached hydrogens (tertiary/aromatic N) is 3. The predicted molar refractivity (Wildman–Crippen MR) is 84.2 cm³/mol. The second-order valence-corrected chi connectivity index (χ2v) is 5.59. The topological polar surface area (TPSA) is 80.0 Å². The first-order valence-corrected chi connectivity index (χ1v) is 7.50. The van der Waals surface area contributed by atoms with Gasteiger partial charge in [0.15, 0.2) is 0 Å². The molecular formula is C15H19ClN4O2. The first-order chi connectivity index (χ1) is 10.6. The molecule has 0 aliphatic heterocycles. The standard InChI is InChI=1S/C15H19ClN4O2/c1-3-10(2)14(7-21)19-15(22)12-6-11(4-5-13(12)16)20-8-17-18-9-20/h4-6,8-10,14,21H,3,7H2,1-2H3,(H,19,22)/t10-,14+/m1/s1. The lowest BCUT2D eigenvalue weighted by Crippen LogP contribution is -2.42. The van der Waals surface area contributed by atoms with Crippen molar-refractivity contribution in [1.82, 2.24) is 20.1 Å². The SMILES string of the molecule is CC[C@@H](C)[C@H](CO)NC(=O)c1cc(-n2cnnc2)ccc1Cl. The quantitative estimate of drug-likeness (QED) is 0.853. The van der Waals surface area contributed by atoms with Crippen LogP contribution in [0.15, 0.2) is 30.9 Å². The number of amides is 1. The molecule has 6 nitrogen and oxygen atoms in total.